The Balaban J connectivity index is 1.95. The number of amides is 2. The second-order valence-corrected chi connectivity index (χ2v) is 4.93. The Bertz CT molecular complexity index is 300. The predicted molar refractivity (Wildman–Crippen MR) is 64.5 cm³/mol. The van der Waals surface area contributed by atoms with Crippen LogP contribution in [0, 0.1) is 0 Å². The average Bonchev–Trinajstić information content (AvgIpc) is 2.52. The summed E-state index contributed by atoms with van der Waals surface area (Å²) in [5, 5.41) is 3.25. The molecule has 5 heteroatoms. The summed E-state index contributed by atoms with van der Waals surface area (Å²) in [6.45, 7) is 2.61. The summed E-state index contributed by atoms with van der Waals surface area (Å²) < 4.78 is 0. The van der Waals surface area contributed by atoms with Crippen LogP contribution in [-0.2, 0) is 9.59 Å². The van der Waals surface area contributed by atoms with Crippen molar-refractivity contribution in [1.29, 1.82) is 0 Å². The maximum absolute atomic E-state index is 12.3. The summed E-state index contributed by atoms with van der Waals surface area (Å²) in [7, 11) is 1.80. The van der Waals surface area contributed by atoms with Crippen LogP contribution in [0.5, 0.6) is 0 Å². The van der Waals surface area contributed by atoms with Gasteiger partial charge in [0.05, 0.1) is 12.6 Å². The standard InChI is InChI=1S/C12H21N3O2/c1-14-7-4-8-15(9-11(14)16)12(17)10-5-2-3-6-13-10/h10,13H,2-9H2,1H3/t10-/m1/s1. The first-order valence-electron chi connectivity index (χ1n) is 6.44. The van der Waals surface area contributed by atoms with E-state index >= 15 is 0 Å². The van der Waals surface area contributed by atoms with Crippen LogP contribution in [0.3, 0.4) is 0 Å². The van der Waals surface area contributed by atoms with Gasteiger partial charge < -0.3 is 15.1 Å². The van der Waals surface area contributed by atoms with E-state index in [9.17, 15) is 9.59 Å². The van der Waals surface area contributed by atoms with Crippen molar-refractivity contribution in [3.8, 4) is 0 Å². The van der Waals surface area contributed by atoms with Crippen LogP contribution in [0.4, 0.5) is 0 Å². The lowest BCUT2D eigenvalue weighted by atomic mass is 10.0. The smallest absolute Gasteiger partial charge is 0.241 e. The van der Waals surface area contributed by atoms with E-state index in [1.165, 1.54) is 0 Å². The number of carbonyl (C=O) groups excluding carboxylic acids is 2. The number of hydrogen-bond donors (Lipinski definition) is 1. The zero-order valence-corrected chi connectivity index (χ0v) is 10.4. The van der Waals surface area contributed by atoms with Gasteiger partial charge in [-0.25, -0.2) is 0 Å². The highest BCUT2D eigenvalue weighted by Crippen LogP contribution is 2.12. The number of nitrogens with zero attached hydrogens (tertiary/aromatic N) is 2. The molecule has 0 saturated carbocycles. The molecule has 0 aromatic rings. The molecule has 0 aliphatic carbocycles. The van der Waals surface area contributed by atoms with Gasteiger partial charge in [0, 0.05) is 20.1 Å². The van der Waals surface area contributed by atoms with Crippen molar-refractivity contribution in [1.82, 2.24) is 15.1 Å². The summed E-state index contributed by atoms with van der Waals surface area (Å²) in [4.78, 5) is 27.4. The molecule has 0 radical (unpaired) electrons. The normalized spacial score (nSPS) is 26.9. The Kier molecular flexibility index (Phi) is 3.99. The van der Waals surface area contributed by atoms with E-state index in [1.54, 1.807) is 16.8 Å². The van der Waals surface area contributed by atoms with Crippen LogP contribution in [-0.4, -0.2) is 60.9 Å². The number of carbonyl (C=O) groups is 2. The first-order valence-corrected chi connectivity index (χ1v) is 6.44. The molecule has 0 unspecified atom stereocenters. The van der Waals surface area contributed by atoms with Gasteiger partial charge in [-0.15, -0.1) is 0 Å². The first kappa shape index (κ1) is 12.4. The van der Waals surface area contributed by atoms with Gasteiger partial charge in [-0.2, -0.15) is 0 Å². The van der Waals surface area contributed by atoms with E-state index in [2.05, 4.69) is 5.32 Å². The Morgan fingerprint density at radius 3 is 2.82 bits per heavy atom. The van der Waals surface area contributed by atoms with E-state index in [4.69, 9.17) is 0 Å². The van der Waals surface area contributed by atoms with Crippen molar-refractivity contribution in [2.45, 2.75) is 31.7 Å². The third-order valence-electron chi connectivity index (χ3n) is 3.59. The van der Waals surface area contributed by atoms with E-state index in [0.29, 0.717) is 6.54 Å². The second kappa shape index (κ2) is 5.49. The SMILES string of the molecule is CN1CCCN(C(=O)[C@H]2CCCCN2)CC1=O. The lowest BCUT2D eigenvalue weighted by Crippen LogP contribution is -2.50. The molecular weight excluding hydrogens is 218 g/mol. The lowest BCUT2D eigenvalue weighted by Gasteiger charge is -2.28. The number of piperidine rings is 1. The van der Waals surface area contributed by atoms with Crippen molar-refractivity contribution in [3.63, 3.8) is 0 Å². The topological polar surface area (TPSA) is 52.6 Å². The van der Waals surface area contributed by atoms with Gasteiger partial charge in [0.25, 0.3) is 0 Å². The molecule has 2 saturated heterocycles. The molecule has 17 heavy (non-hydrogen) atoms. The number of hydrogen-bond acceptors (Lipinski definition) is 3. The van der Waals surface area contributed by atoms with Crippen molar-refractivity contribution < 1.29 is 9.59 Å². The fourth-order valence-corrected chi connectivity index (χ4v) is 2.46. The van der Waals surface area contributed by atoms with Crippen LogP contribution >= 0.6 is 0 Å². The summed E-state index contributed by atoms with van der Waals surface area (Å²) in [6, 6.07) is -0.0695. The minimum absolute atomic E-state index is 0.0478. The molecular formula is C12H21N3O2. The quantitative estimate of drug-likeness (QED) is 0.690. The Morgan fingerprint density at radius 1 is 1.29 bits per heavy atom. The molecule has 2 aliphatic heterocycles. The Morgan fingerprint density at radius 2 is 2.12 bits per heavy atom. The summed E-state index contributed by atoms with van der Waals surface area (Å²) in [5.41, 5.74) is 0. The van der Waals surface area contributed by atoms with E-state index in [1.807, 2.05) is 0 Å². The number of likely N-dealkylation sites (N-methyl/N-ethyl adjacent to an activating group) is 1. The molecule has 2 aliphatic rings. The average molecular weight is 239 g/mol. The molecule has 1 atom stereocenters. The minimum atomic E-state index is -0.0695. The van der Waals surface area contributed by atoms with Crippen LogP contribution in [0.15, 0.2) is 0 Å². The van der Waals surface area contributed by atoms with Gasteiger partial charge in [-0.3, -0.25) is 9.59 Å². The zero-order chi connectivity index (χ0) is 12.3. The molecule has 0 aromatic carbocycles. The summed E-state index contributed by atoms with van der Waals surface area (Å²) >= 11 is 0. The fraction of sp³-hybridized carbons (Fsp3) is 0.833. The van der Waals surface area contributed by atoms with Gasteiger partial charge in [0.15, 0.2) is 0 Å². The van der Waals surface area contributed by atoms with Crippen molar-refractivity contribution in [3.05, 3.63) is 0 Å². The Labute approximate surface area is 102 Å². The van der Waals surface area contributed by atoms with Crippen LogP contribution in [0.2, 0.25) is 0 Å². The molecule has 0 bridgehead atoms. The van der Waals surface area contributed by atoms with Gasteiger partial charge in [0.1, 0.15) is 0 Å². The van der Waals surface area contributed by atoms with E-state index in [0.717, 1.165) is 38.8 Å². The minimum Gasteiger partial charge on any atom is -0.344 e. The fourth-order valence-electron chi connectivity index (χ4n) is 2.46. The second-order valence-electron chi connectivity index (χ2n) is 4.93. The highest BCUT2D eigenvalue weighted by molar-refractivity contribution is 5.87. The van der Waals surface area contributed by atoms with Crippen LogP contribution < -0.4 is 5.32 Å². The third kappa shape index (κ3) is 2.97. The highest BCUT2D eigenvalue weighted by atomic mass is 16.2. The molecule has 0 spiro atoms. The monoisotopic (exact) mass is 239 g/mol. The van der Waals surface area contributed by atoms with Crippen molar-refractivity contribution in [2.24, 2.45) is 0 Å². The molecule has 1 N–H and O–H groups in total. The van der Waals surface area contributed by atoms with E-state index in [-0.39, 0.29) is 24.4 Å². The first-order chi connectivity index (χ1) is 8.18. The zero-order valence-electron chi connectivity index (χ0n) is 10.4. The van der Waals surface area contributed by atoms with Gasteiger partial charge in [0.2, 0.25) is 11.8 Å². The van der Waals surface area contributed by atoms with Crippen LogP contribution in [0.1, 0.15) is 25.7 Å². The van der Waals surface area contributed by atoms with Crippen molar-refractivity contribution in [2.75, 3.05) is 33.2 Å². The number of nitrogens with one attached hydrogen (secondary N) is 1. The molecule has 0 aromatic heterocycles. The lowest BCUT2D eigenvalue weighted by molar-refractivity contribution is -0.139. The molecule has 2 rings (SSSR count). The molecule has 96 valence electrons. The molecule has 2 heterocycles. The largest absolute Gasteiger partial charge is 0.344 e. The van der Waals surface area contributed by atoms with E-state index < -0.39 is 0 Å². The van der Waals surface area contributed by atoms with Crippen molar-refractivity contribution >= 4 is 11.8 Å². The molecule has 2 fully saturated rings. The molecule has 5 nitrogen and oxygen atoms in total. The Hall–Kier alpha value is -1.10. The summed E-state index contributed by atoms with van der Waals surface area (Å²) in [5.74, 6) is 0.153. The van der Waals surface area contributed by atoms with Gasteiger partial charge in [-0.05, 0) is 25.8 Å². The van der Waals surface area contributed by atoms with Crippen LogP contribution in [0.25, 0.3) is 0 Å². The maximum atomic E-state index is 12.3. The van der Waals surface area contributed by atoms with Gasteiger partial charge in [-0.1, -0.05) is 6.42 Å². The van der Waals surface area contributed by atoms with Gasteiger partial charge >= 0.3 is 0 Å². The number of rotatable bonds is 1. The maximum Gasteiger partial charge on any atom is 0.241 e. The summed E-state index contributed by atoms with van der Waals surface area (Å²) in [6.07, 6.45) is 4.02. The third-order valence-corrected chi connectivity index (χ3v) is 3.59. The predicted octanol–water partition coefficient (Wildman–Crippen LogP) is -0.181. The molecule has 2 amide bonds. The highest BCUT2D eigenvalue weighted by Gasteiger charge is 2.28.